The fraction of sp³-hybridized carbons (Fsp3) is 0.533. The standard InChI is InChI=1S/C15H20ClN3O/c1-18-8-10-19(11-9-18)14(20)17-15(6-7-15)12-2-4-13(16)5-3-12/h2-5H,6-11H2,1H3,(H,17,20). The number of hydrogen-bond acceptors (Lipinski definition) is 2. The number of piperazine rings is 1. The number of likely N-dealkylation sites (N-methyl/N-ethyl adjacent to an activating group) is 1. The summed E-state index contributed by atoms with van der Waals surface area (Å²) in [6, 6.07) is 7.86. The average Bonchev–Trinajstić information content (AvgIpc) is 3.21. The van der Waals surface area contributed by atoms with Gasteiger partial charge >= 0.3 is 6.03 Å². The second-order valence-corrected chi connectivity index (χ2v) is 6.25. The molecule has 1 saturated carbocycles. The molecule has 0 atom stereocenters. The number of hydrogen-bond donors (Lipinski definition) is 1. The van der Waals surface area contributed by atoms with Crippen molar-refractivity contribution >= 4 is 17.6 Å². The Balaban J connectivity index is 1.65. The molecular formula is C15H20ClN3O. The summed E-state index contributed by atoms with van der Waals surface area (Å²) in [4.78, 5) is 16.5. The van der Waals surface area contributed by atoms with Crippen molar-refractivity contribution in [3.63, 3.8) is 0 Å². The molecule has 20 heavy (non-hydrogen) atoms. The maximum Gasteiger partial charge on any atom is 0.318 e. The molecule has 5 heteroatoms. The summed E-state index contributed by atoms with van der Waals surface area (Å²) in [6.07, 6.45) is 2.02. The quantitative estimate of drug-likeness (QED) is 0.908. The Morgan fingerprint density at radius 1 is 1.15 bits per heavy atom. The van der Waals surface area contributed by atoms with E-state index in [-0.39, 0.29) is 11.6 Å². The molecule has 0 unspecified atom stereocenters. The van der Waals surface area contributed by atoms with E-state index in [4.69, 9.17) is 11.6 Å². The van der Waals surface area contributed by atoms with E-state index in [0.29, 0.717) is 0 Å². The van der Waals surface area contributed by atoms with E-state index in [1.165, 1.54) is 0 Å². The summed E-state index contributed by atoms with van der Waals surface area (Å²) < 4.78 is 0. The summed E-state index contributed by atoms with van der Waals surface area (Å²) in [6.45, 7) is 3.50. The number of amides is 2. The van der Waals surface area contributed by atoms with Gasteiger partial charge in [0.25, 0.3) is 0 Å². The molecule has 0 bridgehead atoms. The lowest BCUT2D eigenvalue weighted by molar-refractivity contribution is 0.150. The number of carbonyl (C=O) groups is 1. The van der Waals surface area contributed by atoms with Gasteiger partial charge < -0.3 is 15.1 Å². The van der Waals surface area contributed by atoms with Gasteiger partial charge in [-0.1, -0.05) is 23.7 Å². The SMILES string of the molecule is CN1CCN(C(=O)NC2(c3ccc(Cl)cc3)CC2)CC1. The van der Waals surface area contributed by atoms with E-state index in [2.05, 4.69) is 17.3 Å². The highest BCUT2D eigenvalue weighted by molar-refractivity contribution is 6.30. The van der Waals surface area contributed by atoms with Crippen LogP contribution in [-0.2, 0) is 5.54 Å². The van der Waals surface area contributed by atoms with Crippen LogP contribution in [0.25, 0.3) is 0 Å². The van der Waals surface area contributed by atoms with E-state index in [9.17, 15) is 4.79 Å². The van der Waals surface area contributed by atoms with Crippen LogP contribution in [0.3, 0.4) is 0 Å². The van der Waals surface area contributed by atoms with Crippen molar-refractivity contribution in [1.82, 2.24) is 15.1 Å². The first-order valence-electron chi connectivity index (χ1n) is 7.11. The monoisotopic (exact) mass is 293 g/mol. The number of rotatable bonds is 2. The van der Waals surface area contributed by atoms with Crippen molar-refractivity contribution in [2.75, 3.05) is 33.2 Å². The molecule has 1 aromatic rings. The molecule has 0 spiro atoms. The molecule has 4 nitrogen and oxygen atoms in total. The average molecular weight is 294 g/mol. The van der Waals surface area contributed by atoms with Gasteiger partial charge in [-0.3, -0.25) is 0 Å². The second kappa shape index (κ2) is 5.26. The van der Waals surface area contributed by atoms with Crippen LogP contribution in [0.5, 0.6) is 0 Å². The van der Waals surface area contributed by atoms with Crippen molar-refractivity contribution in [2.45, 2.75) is 18.4 Å². The lowest BCUT2D eigenvalue weighted by atomic mass is 10.1. The molecule has 1 aromatic carbocycles. The number of halogens is 1. The van der Waals surface area contributed by atoms with Crippen LogP contribution in [0.2, 0.25) is 5.02 Å². The van der Waals surface area contributed by atoms with Gasteiger partial charge in [-0.15, -0.1) is 0 Å². The number of nitrogens with zero attached hydrogens (tertiary/aromatic N) is 2. The predicted octanol–water partition coefficient (Wildman–Crippen LogP) is 2.29. The van der Waals surface area contributed by atoms with Gasteiger partial charge in [-0.25, -0.2) is 4.79 Å². The van der Waals surface area contributed by atoms with Crippen LogP contribution >= 0.6 is 11.6 Å². The molecule has 1 aliphatic carbocycles. The lowest BCUT2D eigenvalue weighted by Crippen LogP contribution is -2.52. The van der Waals surface area contributed by atoms with Gasteiger partial charge in [0.15, 0.2) is 0 Å². The largest absolute Gasteiger partial charge is 0.328 e. The Bertz CT molecular complexity index is 490. The number of urea groups is 1. The normalized spacial score (nSPS) is 21.6. The van der Waals surface area contributed by atoms with E-state index in [1.54, 1.807) is 0 Å². The molecule has 1 heterocycles. The van der Waals surface area contributed by atoms with Crippen molar-refractivity contribution < 1.29 is 4.79 Å². The van der Waals surface area contributed by atoms with E-state index < -0.39 is 0 Å². The zero-order chi connectivity index (χ0) is 14.2. The molecule has 1 saturated heterocycles. The van der Waals surface area contributed by atoms with Gasteiger partial charge in [-0.2, -0.15) is 0 Å². The van der Waals surface area contributed by atoms with Gasteiger partial charge in [0.2, 0.25) is 0 Å². The van der Waals surface area contributed by atoms with Crippen molar-refractivity contribution in [2.24, 2.45) is 0 Å². The van der Waals surface area contributed by atoms with Crippen LogP contribution < -0.4 is 5.32 Å². The molecule has 1 aliphatic heterocycles. The Hall–Kier alpha value is -1.26. The number of benzene rings is 1. The maximum atomic E-state index is 12.4. The van der Waals surface area contributed by atoms with Crippen molar-refractivity contribution in [3.8, 4) is 0 Å². The van der Waals surface area contributed by atoms with Crippen LogP contribution in [0.1, 0.15) is 18.4 Å². The third kappa shape index (κ3) is 2.76. The highest BCUT2D eigenvalue weighted by atomic mass is 35.5. The third-order valence-corrected chi connectivity index (χ3v) is 4.54. The highest BCUT2D eigenvalue weighted by Crippen LogP contribution is 2.45. The van der Waals surface area contributed by atoms with E-state index >= 15 is 0 Å². The highest BCUT2D eigenvalue weighted by Gasteiger charge is 2.46. The molecule has 2 amide bonds. The third-order valence-electron chi connectivity index (χ3n) is 4.28. The Labute approximate surface area is 124 Å². The fourth-order valence-electron chi connectivity index (χ4n) is 2.67. The Morgan fingerprint density at radius 3 is 2.30 bits per heavy atom. The fourth-order valence-corrected chi connectivity index (χ4v) is 2.80. The van der Waals surface area contributed by atoms with Crippen LogP contribution in [-0.4, -0.2) is 49.1 Å². The Kier molecular flexibility index (Phi) is 3.61. The summed E-state index contributed by atoms with van der Waals surface area (Å²) in [7, 11) is 2.09. The molecule has 3 rings (SSSR count). The predicted molar refractivity (Wildman–Crippen MR) is 80.0 cm³/mol. The second-order valence-electron chi connectivity index (χ2n) is 5.81. The van der Waals surface area contributed by atoms with Gasteiger partial charge in [0.05, 0.1) is 5.54 Å². The number of nitrogens with one attached hydrogen (secondary N) is 1. The summed E-state index contributed by atoms with van der Waals surface area (Å²) >= 11 is 5.92. The smallest absolute Gasteiger partial charge is 0.318 e. The van der Waals surface area contributed by atoms with Crippen LogP contribution in [0, 0.1) is 0 Å². The molecule has 1 N–H and O–H groups in total. The molecule has 0 aromatic heterocycles. The summed E-state index contributed by atoms with van der Waals surface area (Å²) in [5, 5.41) is 3.94. The molecule has 2 aliphatic rings. The zero-order valence-corrected chi connectivity index (χ0v) is 12.5. The van der Waals surface area contributed by atoms with E-state index in [0.717, 1.165) is 49.6 Å². The molecule has 108 valence electrons. The zero-order valence-electron chi connectivity index (χ0n) is 11.7. The lowest BCUT2D eigenvalue weighted by Gasteiger charge is -2.33. The van der Waals surface area contributed by atoms with E-state index in [1.807, 2.05) is 29.2 Å². The summed E-state index contributed by atoms with van der Waals surface area (Å²) in [5.74, 6) is 0. The molecule has 2 fully saturated rings. The Morgan fingerprint density at radius 2 is 1.75 bits per heavy atom. The minimum atomic E-state index is -0.162. The first kappa shape index (κ1) is 13.7. The van der Waals surface area contributed by atoms with Crippen molar-refractivity contribution in [3.05, 3.63) is 34.9 Å². The first-order chi connectivity index (χ1) is 9.59. The van der Waals surface area contributed by atoms with Crippen molar-refractivity contribution in [1.29, 1.82) is 0 Å². The summed E-state index contributed by atoms with van der Waals surface area (Å²) in [5.41, 5.74) is 0.995. The van der Waals surface area contributed by atoms with Crippen LogP contribution in [0.15, 0.2) is 24.3 Å². The maximum absolute atomic E-state index is 12.4. The minimum absolute atomic E-state index is 0.0607. The topological polar surface area (TPSA) is 35.6 Å². The molecule has 0 radical (unpaired) electrons. The van der Waals surface area contributed by atoms with Gasteiger partial charge in [-0.05, 0) is 37.6 Å². The van der Waals surface area contributed by atoms with Crippen LogP contribution in [0.4, 0.5) is 4.79 Å². The number of carbonyl (C=O) groups excluding carboxylic acids is 1. The minimum Gasteiger partial charge on any atom is -0.328 e. The molecular weight excluding hydrogens is 274 g/mol. The van der Waals surface area contributed by atoms with Gasteiger partial charge in [0, 0.05) is 31.2 Å². The van der Waals surface area contributed by atoms with Gasteiger partial charge in [0.1, 0.15) is 0 Å². The first-order valence-corrected chi connectivity index (χ1v) is 7.49.